The maximum atomic E-state index is 6.32. The molecule has 1 aromatic carbocycles. The molecule has 2 nitrogen and oxygen atoms in total. The molecule has 2 rings (SSSR count). The Bertz CT molecular complexity index is 479. The highest BCUT2D eigenvalue weighted by Gasteiger charge is 2.42. The van der Waals surface area contributed by atoms with Crippen molar-refractivity contribution in [3.05, 3.63) is 46.1 Å². The van der Waals surface area contributed by atoms with Crippen LogP contribution in [0.15, 0.2) is 35.6 Å². The van der Waals surface area contributed by atoms with Crippen LogP contribution in [0.25, 0.3) is 0 Å². The van der Waals surface area contributed by atoms with Crippen LogP contribution in [0.1, 0.15) is 39.3 Å². The number of hydroxylamine groups is 2. The summed E-state index contributed by atoms with van der Waals surface area (Å²) in [6.07, 6.45) is 1.62. The molecule has 1 heterocycles. The van der Waals surface area contributed by atoms with Gasteiger partial charge < -0.3 is 4.84 Å². The molecular formula is C15H19Cl2NO. The molecule has 0 radical (unpaired) electrons. The third-order valence-corrected chi connectivity index (χ3v) is 4.49. The van der Waals surface area contributed by atoms with Gasteiger partial charge in [0.2, 0.25) is 0 Å². The van der Waals surface area contributed by atoms with Crippen molar-refractivity contribution in [2.45, 2.75) is 39.3 Å². The normalized spacial score (nSPS) is 20.6. The smallest absolute Gasteiger partial charge is 0.128 e. The maximum Gasteiger partial charge on any atom is 0.128 e. The molecule has 0 saturated carbocycles. The first-order chi connectivity index (χ1) is 8.84. The van der Waals surface area contributed by atoms with E-state index in [1.165, 1.54) is 0 Å². The number of hydrogen-bond acceptors (Lipinski definition) is 2. The fourth-order valence-electron chi connectivity index (χ4n) is 2.01. The molecule has 1 aromatic rings. The van der Waals surface area contributed by atoms with Gasteiger partial charge in [-0.15, -0.1) is 5.06 Å². The van der Waals surface area contributed by atoms with Crippen LogP contribution < -0.4 is 0 Å². The highest BCUT2D eigenvalue weighted by molar-refractivity contribution is 6.31. The minimum atomic E-state index is -0.128. The van der Waals surface area contributed by atoms with E-state index < -0.39 is 0 Å². The molecule has 0 amide bonds. The largest absolute Gasteiger partial charge is 0.411 e. The van der Waals surface area contributed by atoms with Crippen molar-refractivity contribution in [3.8, 4) is 0 Å². The first kappa shape index (κ1) is 14.7. The number of benzene rings is 1. The van der Waals surface area contributed by atoms with Gasteiger partial charge in [-0.2, -0.15) is 0 Å². The van der Waals surface area contributed by atoms with Gasteiger partial charge in [0.1, 0.15) is 12.3 Å². The Morgan fingerprint density at radius 1 is 1.16 bits per heavy atom. The van der Waals surface area contributed by atoms with Gasteiger partial charge in [-0.1, -0.05) is 49.2 Å². The van der Waals surface area contributed by atoms with E-state index in [1.54, 1.807) is 6.26 Å². The third kappa shape index (κ3) is 2.76. The van der Waals surface area contributed by atoms with E-state index in [-0.39, 0.29) is 11.6 Å². The molecule has 1 aliphatic heterocycles. The van der Waals surface area contributed by atoms with E-state index in [4.69, 9.17) is 28.0 Å². The minimum absolute atomic E-state index is 0.0728. The summed E-state index contributed by atoms with van der Waals surface area (Å²) in [7, 11) is 0. The van der Waals surface area contributed by atoms with E-state index in [9.17, 15) is 0 Å². The van der Waals surface area contributed by atoms with Crippen molar-refractivity contribution in [1.82, 2.24) is 5.06 Å². The van der Waals surface area contributed by atoms with Crippen LogP contribution in [0.5, 0.6) is 0 Å². The van der Waals surface area contributed by atoms with E-state index in [0.717, 1.165) is 10.6 Å². The zero-order chi connectivity index (χ0) is 14.2. The van der Waals surface area contributed by atoms with E-state index >= 15 is 0 Å². The molecule has 1 unspecified atom stereocenters. The molecule has 19 heavy (non-hydrogen) atoms. The number of halogens is 2. The van der Waals surface area contributed by atoms with Crippen molar-refractivity contribution in [2.24, 2.45) is 5.92 Å². The predicted octanol–water partition coefficient (Wildman–Crippen LogP) is 5.14. The Balaban J connectivity index is 2.35. The second-order valence-corrected chi connectivity index (χ2v) is 6.57. The molecule has 0 aliphatic carbocycles. The lowest BCUT2D eigenvalue weighted by Crippen LogP contribution is -2.47. The quantitative estimate of drug-likeness (QED) is 0.766. The fraction of sp³-hybridized carbons (Fsp3) is 0.467. The highest BCUT2D eigenvalue weighted by Crippen LogP contribution is 2.43. The zero-order valence-corrected chi connectivity index (χ0v) is 13.2. The lowest BCUT2D eigenvalue weighted by molar-refractivity contribution is -0.187. The summed E-state index contributed by atoms with van der Waals surface area (Å²) >= 11 is 12.3. The number of nitrogens with zero attached hydrogens (tertiary/aromatic N) is 1. The molecule has 1 aliphatic rings. The Hall–Kier alpha value is -0.700. The Kier molecular flexibility index (Phi) is 4.14. The average molecular weight is 300 g/mol. The molecular weight excluding hydrogens is 281 g/mol. The van der Waals surface area contributed by atoms with Crippen LogP contribution >= 0.6 is 23.2 Å². The van der Waals surface area contributed by atoms with Crippen LogP contribution in [-0.4, -0.2) is 10.6 Å². The van der Waals surface area contributed by atoms with Gasteiger partial charge in [-0.3, -0.25) is 0 Å². The second-order valence-electron chi connectivity index (χ2n) is 5.70. The van der Waals surface area contributed by atoms with Gasteiger partial charge in [0.05, 0.1) is 10.6 Å². The van der Waals surface area contributed by atoms with Crippen molar-refractivity contribution in [1.29, 1.82) is 0 Å². The Labute approximate surface area is 124 Å². The molecule has 1 atom stereocenters. The summed E-state index contributed by atoms with van der Waals surface area (Å²) in [5.74, 6) is 0.429. The summed E-state index contributed by atoms with van der Waals surface area (Å²) in [6.45, 7) is 8.66. The zero-order valence-electron chi connectivity index (χ0n) is 11.7. The second kappa shape index (κ2) is 5.35. The van der Waals surface area contributed by atoms with Crippen LogP contribution in [0.3, 0.4) is 0 Å². The molecule has 0 spiro atoms. The first-order valence-corrected chi connectivity index (χ1v) is 7.16. The standard InChI is InChI=1S/C15H19Cl2NO/c1-10(2)15(3,4)18-14(13(17)9-19-18)11-5-7-12(16)8-6-11/h5-10,14H,1-4H3. The minimum Gasteiger partial charge on any atom is -0.411 e. The number of hydrogen-bond donors (Lipinski definition) is 0. The van der Waals surface area contributed by atoms with E-state index in [0.29, 0.717) is 11.0 Å². The van der Waals surface area contributed by atoms with Crippen molar-refractivity contribution < 1.29 is 4.84 Å². The van der Waals surface area contributed by atoms with Crippen LogP contribution in [-0.2, 0) is 4.84 Å². The van der Waals surface area contributed by atoms with Gasteiger partial charge in [0.15, 0.2) is 0 Å². The van der Waals surface area contributed by atoms with Crippen LogP contribution in [0.4, 0.5) is 0 Å². The SMILES string of the molecule is CC(C)C(C)(C)N1OC=C(Cl)C1c1ccc(Cl)cc1. The molecule has 0 N–H and O–H groups in total. The van der Waals surface area contributed by atoms with Crippen molar-refractivity contribution in [2.75, 3.05) is 0 Å². The molecule has 0 aromatic heterocycles. The lowest BCUT2D eigenvalue weighted by atomic mass is 9.88. The van der Waals surface area contributed by atoms with Gasteiger partial charge >= 0.3 is 0 Å². The Morgan fingerprint density at radius 3 is 2.26 bits per heavy atom. The topological polar surface area (TPSA) is 12.5 Å². The predicted molar refractivity (Wildman–Crippen MR) is 80.0 cm³/mol. The highest BCUT2D eigenvalue weighted by atomic mass is 35.5. The van der Waals surface area contributed by atoms with Gasteiger partial charge in [-0.25, -0.2) is 0 Å². The molecule has 0 saturated heterocycles. The summed E-state index contributed by atoms with van der Waals surface area (Å²) in [5, 5.41) is 3.37. The van der Waals surface area contributed by atoms with E-state index in [2.05, 4.69) is 27.7 Å². The molecule has 0 fully saturated rings. The first-order valence-electron chi connectivity index (χ1n) is 6.41. The molecule has 0 bridgehead atoms. The summed E-state index contributed by atoms with van der Waals surface area (Å²) in [6, 6.07) is 7.65. The van der Waals surface area contributed by atoms with Gasteiger partial charge in [0.25, 0.3) is 0 Å². The third-order valence-electron chi connectivity index (χ3n) is 3.94. The van der Waals surface area contributed by atoms with Crippen LogP contribution in [0, 0.1) is 5.92 Å². The summed E-state index contributed by atoms with van der Waals surface area (Å²) < 4.78 is 0. The van der Waals surface area contributed by atoms with Crippen LogP contribution in [0.2, 0.25) is 5.02 Å². The van der Waals surface area contributed by atoms with Gasteiger partial charge in [0, 0.05) is 5.02 Å². The van der Waals surface area contributed by atoms with E-state index in [1.807, 2.05) is 29.3 Å². The molecule has 4 heteroatoms. The number of rotatable bonds is 3. The maximum absolute atomic E-state index is 6.32. The lowest BCUT2D eigenvalue weighted by Gasteiger charge is -2.40. The van der Waals surface area contributed by atoms with Crippen molar-refractivity contribution in [3.63, 3.8) is 0 Å². The van der Waals surface area contributed by atoms with Crippen molar-refractivity contribution >= 4 is 23.2 Å². The monoisotopic (exact) mass is 299 g/mol. The summed E-state index contributed by atoms with van der Waals surface area (Å²) in [4.78, 5) is 5.69. The molecule has 104 valence electrons. The van der Waals surface area contributed by atoms with Gasteiger partial charge in [-0.05, 0) is 37.5 Å². The average Bonchev–Trinajstić information content (AvgIpc) is 2.72. The summed E-state index contributed by atoms with van der Waals surface area (Å²) in [5.41, 5.74) is 0.953. The fourth-order valence-corrected chi connectivity index (χ4v) is 2.39. The Morgan fingerprint density at radius 2 is 1.74 bits per heavy atom.